The number of benzene rings is 2. The summed E-state index contributed by atoms with van der Waals surface area (Å²) in [6.45, 7) is 4.00. The average Bonchev–Trinajstić information content (AvgIpc) is 3.28. The van der Waals surface area contributed by atoms with Gasteiger partial charge in [-0.25, -0.2) is 4.39 Å². The van der Waals surface area contributed by atoms with Gasteiger partial charge in [-0.2, -0.15) is 0 Å². The lowest BCUT2D eigenvalue weighted by atomic mass is 10.1. The van der Waals surface area contributed by atoms with Gasteiger partial charge in [0.15, 0.2) is 0 Å². The Bertz CT molecular complexity index is 905. The normalized spacial score (nSPS) is 16.9. The molecule has 0 spiro atoms. The third kappa shape index (κ3) is 4.01. The van der Waals surface area contributed by atoms with Crippen LogP contribution < -0.4 is 9.80 Å². The van der Waals surface area contributed by atoms with Crippen LogP contribution in [0.1, 0.15) is 23.2 Å². The molecule has 2 fully saturated rings. The molecule has 1 amide bonds. The zero-order valence-corrected chi connectivity index (χ0v) is 16.1. The summed E-state index contributed by atoms with van der Waals surface area (Å²) in [5, 5.41) is 11.2. The predicted octanol–water partition coefficient (Wildman–Crippen LogP) is 3.30. The number of carbonyl (C=O) groups excluding carboxylic acids is 1. The molecule has 0 saturated carbocycles. The second kappa shape index (κ2) is 8.06. The van der Waals surface area contributed by atoms with Crippen molar-refractivity contribution in [3.05, 3.63) is 64.0 Å². The minimum atomic E-state index is -0.461. The number of anilines is 2. The summed E-state index contributed by atoms with van der Waals surface area (Å²) in [4.78, 5) is 30.0. The molecule has 4 rings (SSSR count). The molecule has 2 aromatic carbocycles. The standard InChI is InChI=1S/C21H23FN4O3/c22-16-3-5-17(6-4-16)23-11-13-25(14-12-23)21(27)19-15-18(26(28)29)7-8-20(19)24-9-1-2-10-24/h3-8,15H,1-2,9-14H2. The van der Waals surface area contributed by atoms with Crippen molar-refractivity contribution >= 4 is 23.0 Å². The Labute approximate surface area is 168 Å². The maximum Gasteiger partial charge on any atom is 0.270 e. The first-order valence-electron chi connectivity index (χ1n) is 9.86. The van der Waals surface area contributed by atoms with Gasteiger partial charge in [0.05, 0.1) is 16.2 Å². The van der Waals surface area contributed by atoms with Crippen LogP contribution in [-0.4, -0.2) is 55.0 Å². The molecule has 0 N–H and O–H groups in total. The van der Waals surface area contributed by atoms with Gasteiger partial charge >= 0.3 is 0 Å². The minimum absolute atomic E-state index is 0.0683. The van der Waals surface area contributed by atoms with Gasteiger partial charge in [0.2, 0.25) is 0 Å². The second-order valence-electron chi connectivity index (χ2n) is 7.41. The van der Waals surface area contributed by atoms with Gasteiger partial charge in [0.1, 0.15) is 5.82 Å². The van der Waals surface area contributed by atoms with Crippen molar-refractivity contribution in [3.63, 3.8) is 0 Å². The Kier molecular flexibility index (Phi) is 5.33. The number of nitrogens with zero attached hydrogens (tertiary/aromatic N) is 4. The van der Waals surface area contributed by atoms with E-state index >= 15 is 0 Å². The van der Waals surface area contributed by atoms with Crippen LogP contribution >= 0.6 is 0 Å². The Morgan fingerprint density at radius 3 is 2.17 bits per heavy atom. The monoisotopic (exact) mass is 398 g/mol. The topological polar surface area (TPSA) is 69.9 Å². The Balaban J connectivity index is 1.52. The van der Waals surface area contributed by atoms with Crippen molar-refractivity contribution in [3.8, 4) is 0 Å². The molecule has 2 aliphatic heterocycles. The molecule has 2 aliphatic rings. The zero-order chi connectivity index (χ0) is 20.4. The maximum atomic E-state index is 13.2. The number of halogens is 1. The highest BCUT2D eigenvalue weighted by Gasteiger charge is 2.28. The number of amides is 1. The lowest BCUT2D eigenvalue weighted by Crippen LogP contribution is -2.49. The van der Waals surface area contributed by atoms with E-state index in [1.807, 2.05) is 0 Å². The molecule has 2 aromatic rings. The molecule has 0 aliphatic carbocycles. The van der Waals surface area contributed by atoms with Crippen LogP contribution in [0.3, 0.4) is 0 Å². The average molecular weight is 398 g/mol. The highest BCUT2D eigenvalue weighted by molar-refractivity contribution is 6.00. The SMILES string of the molecule is O=C(c1cc([N+](=O)[O-])ccc1N1CCCC1)N1CCN(c2ccc(F)cc2)CC1. The summed E-state index contributed by atoms with van der Waals surface area (Å²) in [7, 11) is 0. The van der Waals surface area contributed by atoms with Crippen LogP contribution in [-0.2, 0) is 0 Å². The molecule has 7 nitrogen and oxygen atoms in total. The molecule has 0 atom stereocenters. The van der Waals surface area contributed by atoms with Crippen LogP contribution in [0, 0.1) is 15.9 Å². The first-order valence-corrected chi connectivity index (χ1v) is 9.86. The quantitative estimate of drug-likeness (QED) is 0.584. The zero-order valence-electron chi connectivity index (χ0n) is 16.1. The van der Waals surface area contributed by atoms with E-state index in [0.717, 1.165) is 37.3 Å². The van der Waals surface area contributed by atoms with Crippen molar-refractivity contribution in [1.29, 1.82) is 0 Å². The molecule has 0 bridgehead atoms. The van der Waals surface area contributed by atoms with Gasteiger partial charge in [0, 0.05) is 57.1 Å². The molecule has 0 aromatic heterocycles. The lowest BCUT2D eigenvalue weighted by Gasteiger charge is -2.36. The molecule has 29 heavy (non-hydrogen) atoms. The molecular weight excluding hydrogens is 375 g/mol. The van der Waals surface area contributed by atoms with E-state index in [4.69, 9.17) is 0 Å². The Morgan fingerprint density at radius 1 is 0.897 bits per heavy atom. The largest absolute Gasteiger partial charge is 0.371 e. The number of rotatable bonds is 4. The van der Waals surface area contributed by atoms with E-state index < -0.39 is 4.92 Å². The van der Waals surface area contributed by atoms with Gasteiger partial charge < -0.3 is 14.7 Å². The number of piperazine rings is 1. The summed E-state index contributed by atoms with van der Waals surface area (Å²) >= 11 is 0. The van der Waals surface area contributed by atoms with Crippen LogP contribution in [0.15, 0.2) is 42.5 Å². The number of nitro groups is 1. The summed E-state index contributed by atoms with van der Waals surface area (Å²) in [5.74, 6) is -0.447. The van der Waals surface area contributed by atoms with Gasteiger partial charge in [-0.05, 0) is 43.2 Å². The van der Waals surface area contributed by atoms with Crippen LogP contribution in [0.2, 0.25) is 0 Å². The molecule has 2 saturated heterocycles. The summed E-state index contributed by atoms with van der Waals surface area (Å²) < 4.78 is 13.1. The Morgan fingerprint density at radius 2 is 1.55 bits per heavy atom. The van der Waals surface area contributed by atoms with Gasteiger partial charge in [-0.15, -0.1) is 0 Å². The lowest BCUT2D eigenvalue weighted by molar-refractivity contribution is -0.384. The second-order valence-corrected chi connectivity index (χ2v) is 7.41. The van der Waals surface area contributed by atoms with E-state index in [-0.39, 0.29) is 17.4 Å². The van der Waals surface area contributed by atoms with Crippen molar-refractivity contribution < 1.29 is 14.1 Å². The molecule has 152 valence electrons. The molecular formula is C21H23FN4O3. The number of non-ortho nitro benzene ring substituents is 1. The third-order valence-electron chi connectivity index (χ3n) is 5.63. The molecule has 8 heteroatoms. The van der Waals surface area contributed by atoms with E-state index in [2.05, 4.69) is 9.80 Å². The maximum absolute atomic E-state index is 13.2. The fourth-order valence-electron chi connectivity index (χ4n) is 4.03. The van der Waals surface area contributed by atoms with Gasteiger partial charge in [-0.1, -0.05) is 0 Å². The Hall–Kier alpha value is -3.16. The first-order chi connectivity index (χ1) is 14.0. The molecule has 2 heterocycles. The molecule has 0 radical (unpaired) electrons. The van der Waals surface area contributed by atoms with E-state index in [1.165, 1.54) is 24.3 Å². The van der Waals surface area contributed by atoms with E-state index in [1.54, 1.807) is 23.1 Å². The van der Waals surface area contributed by atoms with Gasteiger partial charge in [-0.3, -0.25) is 14.9 Å². The first kappa shape index (κ1) is 19.2. The van der Waals surface area contributed by atoms with Crippen LogP contribution in [0.5, 0.6) is 0 Å². The number of hydrogen-bond acceptors (Lipinski definition) is 5. The fraction of sp³-hybridized carbons (Fsp3) is 0.381. The van der Waals surface area contributed by atoms with Crippen molar-refractivity contribution in [2.75, 3.05) is 49.1 Å². The number of carbonyl (C=O) groups is 1. The van der Waals surface area contributed by atoms with Gasteiger partial charge in [0.25, 0.3) is 11.6 Å². The van der Waals surface area contributed by atoms with Crippen LogP contribution in [0.4, 0.5) is 21.5 Å². The summed E-state index contributed by atoms with van der Waals surface area (Å²) in [6.07, 6.45) is 2.11. The van der Waals surface area contributed by atoms with Crippen LogP contribution in [0.25, 0.3) is 0 Å². The van der Waals surface area contributed by atoms with E-state index in [0.29, 0.717) is 31.7 Å². The highest BCUT2D eigenvalue weighted by Crippen LogP contribution is 2.30. The van der Waals surface area contributed by atoms with Crippen molar-refractivity contribution in [2.24, 2.45) is 0 Å². The predicted molar refractivity (Wildman–Crippen MR) is 109 cm³/mol. The molecule has 0 unspecified atom stereocenters. The summed E-state index contributed by atoms with van der Waals surface area (Å²) in [6, 6.07) is 10.9. The minimum Gasteiger partial charge on any atom is -0.371 e. The fourth-order valence-corrected chi connectivity index (χ4v) is 4.03. The smallest absolute Gasteiger partial charge is 0.270 e. The highest BCUT2D eigenvalue weighted by atomic mass is 19.1. The summed E-state index contributed by atoms with van der Waals surface area (Å²) in [5.41, 5.74) is 2.03. The number of nitro benzene ring substituents is 1. The van der Waals surface area contributed by atoms with E-state index in [9.17, 15) is 19.3 Å². The van der Waals surface area contributed by atoms with Crippen molar-refractivity contribution in [2.45, 2.75) is 12.8 Å². The van der Waals surface area contributed by atoms with Crippen molar-refractivity contribution in [1.82, 2.24) is 4.90 Å². The number of hydrogen-bond donors (Lipinski definition) is 0. The third-order valence-corrected chi connectivity index (χ3v) is 5.63.